The number of aromatic amines is 1. The van der Waals surface area contributed by atoms with Gasteiger partial charge in [0.1, 0.15) is 5.56 Å². The molecule has 1 aromatic rings. The number of piperidine rings is 1. The van der Waals surface area contributed by atoms with Gasteiger partial charge in [-0.15, -0.1) is 0 Å². The van der Waals surface area contributed by atoms with Gasteiger partial charge in [-0.2, -0.15) is 0 Å². The molecule has 0 radical (unpaired) electrons. The molecule has 1 fully saturated rings. The smallest absolute Gasteiger partial charge is 0.311 e. The zero-order valence-corrected chi connectivity index (χ0v) is 13.3. The summed E-state index contributed by atoms with van der Waals surface area (Å²) in [7, 11) is 0. The van der Waals surface area contributed by atoms with Crippen molar-refractivity contribution in [3.63, 3.8) is 0 Å². The number of hydrogen-bond acceptors (Lipinski definition) is 4. The van der Waals surface area contributed by atoms with E-state index >= 15 is 0 Å². The van der Waals surface area contributed by atoms with Crippen LogP contribution >= 0.6 is 0 Å². The molecule has 1 aromatic heterocycles. The van der Waals surface area contributed by atoms with Crippen molar-refractivity contribution in [3.8, 4) is 0 Å². The van der Waals surface area contributed by atoms with E-state index in [0.29, 0.717) is 25.8 Å². The van der Waals surface area contributed by atoms with Crippen LogP contribution in [0.25, 0.3) is 0 Å². The van der Waals surface area contributed by atoms with E-state index in [-0.39, 0.29) is 12.1 Å². The van der Waals surface area contributed by atoms with Gasteiger partial charge >= 0.3 is 5.97 Å². The number of aliphatic carboxylic acids is 1. The number of carboxylic acids is 1. The third-order valence-corrected chi connectivity index (χ3v) is 4.17. The van der Waals surface area contributed by atoms with Gasteiger partial charge in [0.25, 0.3) is 11.5 Å². The fourth-order valence-electron chi connectivity index (χ4n) is 2.80. The summed E-state index contributed by atoms with van der Waals surface area (Å²) in [5, 5.41) is 9.68. The second kappa shape index (κ2) is 6.76. The van der Waals surface area contributed by atoms with Crippen molar-refractivity contribution in [2.24, 2.45) is 5.41 Å². The van der Waals surface area contributed by atoms with Crippen molar-refractivity contribution >= 4 is 11.9 Å². The van der Waals surface area contributed by atoms with Crippen LogP contribution in [0, 0.1) is 5.41 Å². The van der Waals surface area contributed by atoms with E-state index in [9.17, 15) is 19.5 Å². The summed E-state index contributed by atoms with van der Waals surface area (Å²) < 4.78 is 0. The standard InChI is InChI=1S/C16H21N3O4/c1-11(2)4-6-16(15(22)23)5-3-7-19(9-16)14(21)12-8-17-10-18-13(12)20/h4,8,10H,3,5-7,9H2,1-2H3,(H,22,23)(H,17,18,20). The molecule has 1 atom stereocenters. The fraction of sp³-hybridized carbons (Fsp3) is 0.500. The van der Waals surface area contributed by atoms with Gasteiger partial charge in [-0.05, 0) is 33.1 Å². The number of aromatic nitrogens is 2. The number of carbonyl (C=O) groups is 2. The van der Waals surface area contributed by atoms with Crippen LogP contribution in [-0.2, 0) is 4.79 Å². The highest BCUT2D eigenvalue weighted by Gasteiger charge is 2.43. The molecule has 1 aliphatic rings. The molecule has 0 saturated carbocycles. The first-order valence-corrected chi connectivity index (χ1v) is 7.54. The Balaban J connectivity index is 2.26. The Morgan fingerprint density at radius 2 is 2.22 bits per heavy atom. The highest BCUT2D eigenvalue weighted by molar-refractivity contribution is 5.94. The number of H-pyrrole nitrogens is 1. The minimum absolute atomic E-state index is 0.0593. The maximum Gasteiger partial charge on any atom is 0.311 e. The molecule has 0 spiro atoms. The van der Waals surface area contributed by atoms with Gasteiger partial charge in [-0.1, -0.05) is 11.6 Å². The Morgan fingerprint density at radius 1 is 1.48 bits per heavy atom. The van der Waals surface area contributed by atoms with Crippen LogP contribution in [0.1, 0.15) is 43.5 Å². The van der Waals surface area contributed by atoms with Crippen LogP contribution in [0.3, 0.4) is 0 Å². The van der Waals surface area contributed by atoms with Gasteiger partial charge in [0.05, 0.1) is 11.7 Å². The second-order valence-electron chi connectivity index (χ2n) is 6.20. The summed E-state index contributed by atoms with van der Waals surface area (Å²) in [4.78, 5) is 43.7. The van der Waals surface area contributed by atoms with E-state index in [1.165, 1.54) is 17.4 Å². The monoisotopic (exact) mass is 319 g/mol. The van der Waals surface area contributed by atoms with Crippen molar-refractivity contribution in [2.45, 2.75) is 33.1 Å². The molecule has 23 heavy (non-hydrogen) atoms. The zero-order valence-electron chi connectivity index (χ0n) is 13.3. The van der Waals surface area contributed by atoms with E-state index in [1.807, 2.05) is 19.9 Å². The Morgan fingerprint density at radius 3 is 2.83 bits per heavy atom. The molecule has 2 heterocycles. The molecule has 7 heteroatoms. The summed E-state index contributed by atoms with van der Waals surface area (Å²) >= 11 is 0. The average molecular weight is 319 g/mol. The molecule has 1 amide bonds. The Labute approximate surface area is 134 Å². The topological polar surface area (TPSA) is 103 Å². The van der Waals surface area contributed by atoms with Crippen LogP contribution in [-0.4, -0.2) is 44.9 Å². The summed E-state index contributed by atoms with van der Waals surface area (Å²) in [6.45, 7) is 4.36. The Kier molecular flexibility index (Phi) is 4.98. The number of hydrogen-bond donors (Lipinski definition) is 2. The molecule has 1 unspecified atom stereocenters. The van der Waals surface area contributed by atoms with E-state index < -0.39 is 22.9 Å². The first-order valence-electron chi connectivity index (χ1n) is 7.54. The maximum atomic E-state index is 12.5. The number of allylic oxidation sites excluding steroid dienone is 2. The minimum atomic E-state index is -1.000. The van der Waals surface area contributed by atoms with E-state index in [2.05, 4.69) is 9.97 Å². The summed E-state index contributed by atoms with van der Waals surface area (Å²) in [6, 6.07) is 0. The van der Waals surface area contributed by atoms with Crippen molar-refractivity contribution in [3.05, 3.63) is 40.1 Å². The normalized spacial score (nSPS) is 20.9. The van der Waals surface area contributed by atoms with Crippen molar-refractivity contribution in [1.82, 2.24) is 14.9 Å². The third kappa shape index (κ3) is 3.67. The molecular formula is C16H21N3O4. The number of nitrogens with one attached hydrogen (secondary N) is 1. The van der Waals surface area contributed by atoms with E-state index in [1.54, 1.807) is 0 Å². The van der Waals surface area contributed by atoms with Gasteiger partial charge in [0.2, 0.25) is 0 Å². The predicted octanol–water partition coefficient (Wildman–Crippen LogP) is 1.43. The number of amides is 1. The first kappa shape index (κ1) is 16.9. The molecule has 1 aliphatic heterocycles. The summed E-state index contributed by atoms with van der Waals surface area (Å²) in [5.74, 6) is -1.38. The van der Waals surface area contributed by atoms with Gasteiger partial charge in [0, 0.05) is 19.3 Å². The fourth-order valence-corrected chi connectivity index (χ4v) is 2.80. The Hall–Kier alpha value is -2.44. The third-order valence-electron chi connectivity index (χ3n) is 4.17. The van der Waals surface area contributed by atoms with Crippen LogP contribution in [0.5, 0.6) is 0 Å². The van der Waals surface area contributed by atoms with Crippen LogP contribution < -0.4 is 5.56 Å². The number of carbonyl (C=O) groups excluding carboxylic acids is 1. The lowest BCUT2D eigenvalue weighted by molar-refractivity contribution is -0.151. The van der Waals surface area contributed by atoms with Crippen molar-refractivity contribution in [1.29, 1.82) is 0 Å². The SMILES string of the molecule is CC(C)=CCC1(C(=O)O)CCCN(C(=O)c2cnc[nH]c2=O)C1. The van der Waals surface area contributed by atoms with Crippen molar-refractivity contribution < 1.29 is 14.7 Å². The molecular weight excluding hydrogens is 298 g/mol. The molecule has 2 rings (SSSR count). The van der Waals surface area contributed by atoms with Crippen LogP contribution in [0.15, 0.2) is 29.0 Å². The molecule has 2 N–H and O–H groups in total. The maximum absolute atomic E-state index is 12.5. The summed E-state index contributed by atoms with van der Waals surface area (Å²) in [5.41, 5.74) is -0.533. The lowest BCUT2D eigenvalue weighted by atomic mass is 9.76. The lowest BCUT2D eigenvalue weighted by Gasteiger charge is -2.39. The van der Waals surface area contributed by atoms with Gasteiger partial charge in [0.15, 0.2) is 0 Å². The number of carboxylic acid groups (broad SMARTS) is 1. The molecule has 7 nitrogen and oxygen atoms in total. The van der Waals surface area contributed by atoms with Gasteiger partial charge in [-0.3, -0.25) is 14.4 Å². The second-order valence-corrected chi connectivity index (χ2v) is 6.20. The quantitative estimate of drug-likeness (QED) is 0.817. The van der Waals surface area contributed by atoms with Crippen LogP contribution in [0.4, 0.5) is 0 Å². The number of rotatable bonds is 4. The van der Waals surface area contributed by atoms with Crippen LogP contribution in [0.2, 0.25) is 0 Å². The highest BCUT2D eigenvalue weighted by Crippen LogP contribution is 2.35. The zero-order chi connectivity index (χ0) is 17.0. The molecule has 0 bridgehead atoms. The molecule has 0 aliphatic carbocycles. The van der Waals surface area contributed by atoms with Gasteiger partial charge < -0.3 is 15.0 Å². The van der Waals surface area contributed by atoms with E-state index in [4.69, 9.17) is 0 Å². The number of nitrogens with zero attached hydrogens (tertiary/aromatic N) is 2. The highest BCUT2D eigenvalue weighted by atomic mass is 16.4. The summed E-state index contributed by atoms with van der Waals surface area (Å²) in [6.07, 6.45) is 5.79. The minimum Gasteiger partial charge on any atom is -0.481 e. The average Bonchev–Trinajstić information content (AvgIpc) is 2.53. The molecule has 0 aromatic carbocycles. The largest absolute Gasteiger partial charge is 0.481 e. The first-order chi connectivity index (χ1) is 10.9. The molecule has 1 saturated heterocycles. The lowest BCUT2D eigenvalue weighted by Crippen LogP contribution is -2.50. The van der Waals surface area contributed by atoms with Crippen molar-refractivity contribution in [2.75, 3.05) is 13.1 Å². The molecule has 124 valence electrons. The number of likely N-dealkylation sites (tertiary alicyclic amines) is 1. The predicted molar refractivity (Wildman–Crippen MR) is 84.1 cm³/mol. The van der Waals surface area contributed by atoms with E-state index in [0.717, 1.165) is 5.57 Å². The van der Waals surface area contributed by atoms with Gasteiger partial charge in [-0.25, -0.2) is 4.98 Å². The Bertz CT molecular complexity index is 691.